The molecule has 1 aromatic heterocycles. The topological polar surface area (TPSA) is 63.8 Å². The van der Waals surface area contributed by atoms with Crippen LogP contribution in [0.5, 0.6) is 0 Å². The summed E-state index contributed by atoms with van der Waals surface area (Å²) in [6.45, 7) is 4.84. The molecule has 100 valence electrons. The van der Waals surface area contributed by atoms with E-state index in [9.17, 15) is 0 Å². The summed E-state index contributed by atoms with van der Waals surface area (Å²) in [6.07, 6.45) is 5.98. The van der Waals surface area contributed by atoms with Gasteiger partial charge in [-0.3, -0.25) is 0 Å². The van der Waals surface area contributed by atoms with Gasteiger partial charge in [0.15, 0.2) is 0 Å². The van der Waals surface area contributed by atoms with Gasteiger partial charge in [-0.15, -0.1) is 0 Å². The van der Waals surface area contributed by atoms with Crippen LogP contribution in [-0.4, -0.2) is 22.6 Å². The van der Waals surface area contributed by atoms with Crippen LogP contribution in [0.3, 0.4) is 0 Å². The highest BCUT2D eigenvalue weighted by Gasteiger charge is 2.24. The van der Waals surface area contributed by atoms with Crippen LogP contribution in [0.2, 0.25) is 0 Å². The number of hydrogen-bond donors (Lipinski definition) is 2. The Hall–Kier alpha value is -1.16. The third kappa shape index (κ3) is 3.19. The van der Waals surface area contributed by atoms with Crippen molar-refractivity contribution in [2.24, 2.45) is 11.7 Å². The van der Waals surface area contributed by atoms with E-state index in [1.165, 1.54) is 25.7 Å². The minimum atomic E-state index is 0.475. The van der Waals surface area contributed by atoms with E-state index < -0.39 is 0 Å². The molecule has 1 saturated carbocycles. The van der Waals surface area contributed by atoms with Gasteiger partial charge in [-0.05, 0) is 38.6 Å². The Labute approximate surface area is 109 Å². The third-order valence-corrected chi connectivity index (χ3v) is 3.80. The first-order chi connectivity index (χ1) is 8.72. The Bertz CT molecular complexity index is 391. The average molecular weight is 248 g/mol. The first-order valence-electron chi connectivity index (χ1n) is 7.04. The van der Waals surface area contributed by atoms with Gasteiger partial charge >= 0.3 is 0 Å². The van der Waals surface area contributed by atoms with Gasteiger partial charge in [0.1, 0.15) is 11.6 Å². The zero-order valence-electron chi connectivity index (χ0n) is 11.4. The maximum Gasteiger partial charge on any atom is 0.130 e. The average Bonchev–Trinajstić information content (AvgIpc) is 2.38. The molecule has 0 aliphatic heterocycles. The molecule has 1 heterocycles. The van der Waals surface area contributed by atoms with Crippen molar-refractivity contribution >= 4 is 5.82 Å². The van der Waals surface area contributed by atoms with E-state index in [-0.39, 0.29) is 0 Å². The summed E-state index contributed by atoms with van der Waals surface area (Å²) in [7, 11) is 0. The first-order valence-corrected chi connectivity index (χ1v) is 7.04. The fraction of sp³-hybridized carbons (Fsp3) is 0.714. The number of anilines is 1. The summed E-state index contributed by atoms with van der Waals surface area (Å²) in [6, 6.07) is 2.54. The third-order valence-electron chi connectivity index (χ3n) is 3.80. The molecule has 4 nitrogen and oxygen atoms in total. The lowest BCUT2D eigenvalue weighted by Crippen LogP contribution is -2.37. The van der Waals surface area contributed by atoms with E-state index in [1.807, 2.05) is 6.92 Å². The molecule has 1 aromatic rings. The van der Waals surface area contributed by atoms with Crippen molar-refractivity contribution in [1.29, 1.82) is 0 Å². The van der Waals surface area contributed by atoms with Crippen LogP contribution in [-0.2, 0) is 6.42 Å². The minimum absolute atomic E-state index is 0.475. The Morgan fingerprint density at radius 3 is 2.83 bits per heavy atom. The van der Waals surface area contributed by atoms with Crippen LogP contribution < -0.4 is 11.1 Å². The molecule has 2 rings (SSSR count). The molecule has 2 unspecified atom stereocenters. The van der Waals surface area contributed by atoms with E-state index in [0.29, 0.717) is 12.0 Å². The van der Waals surface area contributed by atoms with Crippen LogP contribution in [0.4, 0.5) is 5.82 Å². The summed E-state index contributed by atoms with van der Waals surface area (Å²) < 4.78 is 0. The molecule has 0 saturated heterocycles. The first kappa shape index (κ1) is 13.3. The standard InChI is InChI=1S/C14H24N4/c1-3-12-8-14(17-10(2)16-12)18-13-7-5-4-6-11(13)9-15/h8,11,13H,3-7,9,15H2,1-2H3,(H,16,17,18). The van der Waals surface area contributed by atoms with Crippen LogP contribution in [0.1, 0.15) is 44.1 Å². The number of nitrogens with one attached hydrogen (secondary N) is 1. The number of nitrogens with two attached hydrogens (primary N) is 1. The highest BCUT2D eigenvalue weighted by molar-refractivity contribution is 5.37. The van der Waals surface area contributed by atoms with Gasteiger partial charge in [-0.1, -0.05) is 19.8 Å². The molecule has 0 aromatic carbocycles. The second-order valence-corrected chi connectivity index (χ2v) is 5.18. The zero-order valence-corrected chi connectivity index (χ0v) is 11.4. The smallest absolute Gasteiger partial charge is 0.130 e. The van der Waals surface area contributed by atoms with Gasteiger partial charge in [0, 0.05) is 17.8 Å². The van der Waals surface area contributed by atoms with Gasteiger partial charge in [-0.25, -0.2) is 9.97 Å². The summed E-state index contributed by atoms with van der Waals surface area (Å²) in [5, 5.41) is 3.57. The predicted octanol–water partition coefficient (Wildman–Crippen LogP) is 2.28. The molecule has 0 radical (unpaired) electrons. The quantitative estimate of drug-likeness (QED) is 0.858. The largest absolute Gasteiger partial charge is 0.367 e. The maximum absolute atomic E-state index is 5.86. The van der Waals surface area contributed by atoms with Crippen LogP contribution >= 0.6 is 0 Å². The van der Waals surface area contributed by atoms with Gasteiger partial charge in [0.2, 0.25) is 0 Å². The fourth-order valence-corrected chi connectivity index (χ4v) is 2.75. The molecule has 1 aliphatic carbocycles. The second-order valence-electron chi connectivity index (χ2n) is 5.18. The molecular formula is C14H24N4. The van der Waals surface area contributed by atoms with E-state index in [1.54, 1.807) is 0 Å². The van der Waals surface area contributed by atoms with Gasteiger partial charge in [0.25, 0.3) is 0 Å². The highest BCUT2D eigenvalue weighted by Crippen LogP contribution is 2.26. The van der Waals surface area contributed by atoms with Crippen molar-refractivity contribution in [3.8, 4) is 0 Å². The molecule has 1 fully saturated rings. The monoisotopic (exact) mass is 248 g/mol. The molecule has 2 atom stereocenters. The summed E-state index contributed by atoms with van der Waals surface area (Å²) in [4.78, 5) is 8.89. The number of aryl methyl sites for hydroxylation is 2. The zero-order chi connectivity index (χ0) is 13.0. The van der Waals surface area contributed by atoms with Crippen molar-refractivity contribution < 1.29 is 0 Å². The molecule has 1 aliphatic rings. The fourth-order valence-electron chi connectivity index (χ4n) is 2.75. The van der Waals surface area contributed by atoms with E-state index in [4.69, 9.17) is 5.73 Å². The maximum atomic E-state index is 5.86. The van der Waals surface area contributed by atoms with Crippen molar-refractivity contribution in [2.45, 2.75) is 52.0 Å². The molecule has 0 amide bonds. The SMILES string of the molecule is CCc1cc(NC2CCCCC2CN)nc(C)n1. The Morgan fingerprint density at radius 2 is 2.11 bits per heavy atom. The summed E-state index contributed by atoms with van der Waals surface area (Å²) in [5.74, 6) is 2.39. The molecule has 0 bridgehead atoms. The van der Waals surface area contributed by atoms with Crippen LogP contribution in [0.25, 0.3) is 0 Å². The molecular weight excluding hydrogens is 224 g/mol. The summed E-state index contributed by atoms with van der Waals surface area (Å²) in [5.41, 5.74) is 6.96. The molecule has 4 heteroatoms. The number of nitrogens with zero attached hydrogens (tertiary/aromatic N) is 2. The number of aromatic nitrogens is 2. The highest BCUT2D eigenvalue weighted by atomic mass is 15.1. The van der Waals surface area contributed by atoms with E-state index in [2.05, 4.69) is 28.3 Å². The van der Waals surface area contributed by atoms with Crippen LogP contribution in [0.15, 0.2) is 6.07 Å². The van der Waals surface area contributed by atoms with Gasteiger partial charge in [-0.2, -0.15) is 0 Å². The van der Waals surface area contributed by atoms with Crippen molar-refractivity contribution in [3.63, 3.8) is 0 Å². The lowest BCUT2D eigenvalue weighted by molar-refractivity contribution is 0.332. The normalized spacial score (nSPS) is 23.9. The van der Waals surface area contributed by atoms with Crippen LogP contribution in [0, 0.1) is 12.8 Å². The van der Waals surface area contributed by atoms with Crippen molar-refractivity contribution in [1.82, 2.24) is 9.97 Å². The Kier molecular flexibility index (Phi) is 4.53. The predicted molar refractivity (Wildman–Crippen MR) is 74.6 cm³/mol. The van der Waals surface area contributed by atoms with Crippen molar-refractivity contribution in [3.05, 3.63) is 17.6 Å². The lowest BCUT2D eigenvalue weighted by atomic mass is 9.84. The summed E-state index contributed by atoms with van der Waals surface area (Å²) >= 11 is 0. The molecule has 3 N–H and O–H groups in total. The van der Waals surface area contributed by atoms with E-state index >= 15 is 0 Å². The number of hydrogen-bond acceptors (Lipinski definition) is 4. The Morgan fingerprint density at radius 1 is 1.33 bits per heavy atom. The van der Waals surface area contributed by atoms with Gasteiger partial charge < -0.3 is 11.1 Å². The number of rotatable bonds is 4. The molecule has 0 spiro atoms. The minimum Gasteiger partial charge on any atom is -0.367 e. The lowest BCUT2D eigenvalue weighted by Gasteiger charge is -2.31. The van der Waals surface area contributed by atoms with Gasteiger partial charge in [0.05, 0.1) is 0 Å². The van der Waals surface area contributed by atoms with E-state index in [0.717, 1.165) is 30.3 Å². The second kappa shape index (κ2) is 6.14. The van der Waals surface area contributed by atoms with Crippen molar-refractivity contribution in [2.75, 3.05) is 11.9 Å². The molecule has 18 heavy (non-hydrogen) atoms. The Balaban J connectivity index is 2.09.